The van der Waals surface area contributed by atoms with Crippen molar-refractivity contribution in [2.24, 2.45) is 5.16 Å². The molecule has 1 atom stereocenters. The summed E-state index contributed by atoms with van der Waals surface area (Å²) in [4.78, 5) is 17.8. The van der Waals surface area contributed by atoms with Gasteiger partial charge >= 0.3 is 0 Å². The Balaban J connectivity index is 1.26. The second-order valence-corrected chi connectivity index (χ2v) is 7.09. The first-order valence-electron chi connectivity index (χ1n) is 9.48. The van der Waals surface area contributed by atoms with Crippen LogP contribution < -0.4 is 5.32 Å². The summed E-state index contributed by atoms with van der Waals surface area (Å²) in [5.41, 5.74) is 3.36. The summed E-state index contributed by atoms with van der Waals surface area (Å²) in [7, 11) is 0. The van der Waals surface area contributed by atoms with Gasteiger partial charge in [0.1, 0.15) is 23.4 Å². The number of carbonyl (C=O) groups excluding carboxylic acids is 1. The molecular weight excluding hydrogens is 371 g/mol. The number of benzene rings is 2. The Hall–Kier alpha value is -3.41. The molecule has 0 aliphatic carbocycles. The van der Waals surface area contributed by atoms with Gasteiger partial charge in [-0.15, -0.1) is 0 Å². The first-order chi connectivity index (χ1) is 14.1. The fourth-order valence-electron chi connectivity index (χ4n) is 3.22. The maximum atomic E-state index is 13.0. The molecule has 1 aromatic heterocycles. The summed E-state index contributed by atoms with van der Waals surface area (Å²) in [5, 5.41) is 6.98. The molecule has 1 N–H and O–H groups in total. The fraction of sp³-hybridized carbons (Fsp3) is 0.217. The molecule has 1 aliphatic rings. The van der Waals surface area contributed by atoms with Gasteiger partial charge in [0, 0.05) is 24.0 Å². The number of hydrogen-bond acceptors (Lipinski definition) is 4. The van der Waals surface area contributed by atoms with Gasteiger partial charge in [-0.25, -0.2) is 4.39 Å². The number of aryl methyl sites for hydroxylation is 1. The number of carbonyl (C=O) groups is 1. The zero-order chi connectivity index (χ0) is 20.2. The predicted molar refractivity (Wildman–Crippen MR) is 108 cm³/mol. The third kappa shape index (κ3) is 4.71. The summed E-state index contributed by atoms with van der Waals surface area (Å²) < 4.78 is 18.6. The molecule has 148 valence electrons. The van der Waals surface area contributed by atoms with E-state index >= 15 is 0 Å². The van der Waals surface area contributed by atoms with Crippen LogP contribution in [0.4, 0.5) is 4.39 Å². The highest BCUT2D eigenvalue weighted by atomic mass is 19.1. The molecule has 6 heteroatoms. The predicted octanol–water partition coefficient (Wildman–Crippen LogP) is 4.51. The maximum absolute atomic E-state index is 13.0. The van der Waals surface area contributed by atoms with E-state index in [1.54, 1.807) is 24.3 Å². The van der Waals surface area contributed by atoms with Crippen LogP contribution in [0.5, 0.6) is 0 Å². The summed E-state index contributed by atoms with van der Waals surface area (Å²) in [6.07, 6.45) is 1.05. The van der Waals surface area contributed by atoms with Gasteiger partial charge in [0.2, 0.25) is 0 Å². The van der Waals surface area contributed by atoms with E-state index in [9.17, 15) is 9.18 Å². The zero-order valence-corrected chi connectivity index (χ0v) is 16.0. The van der Waals surface area contributed by atoms with Gasteiger partial charge in [0.25, 0.3) is 5.91 Å². The van der Waals surface area contributed by atoms with Crippen molar-refractivity contribution in [2.45, 2.75) is 25.9 Å². The van der Waals surface area contributed by atoms with Crippen LogP contribution in [0.1, 0.15) is 28.1 Å². The summed E-state index contributed by atoms with van der Waals surface area (Å²) >= 11 is 0. The lowest BCUT2D eigenvalue weighted by molar-refractivity contribution is 0.0753. The monoisotopic (exact) mass is 392 g/mol. The first kappa shape index (κ1) is 18.9. The molecule has 0 fully saturated rings. The van der Waals surface area contributed by atoms with Gasteiger partial charge in [-0.2, -0.15) is 0 Å². The van der Waals surface area contributed by atoms with E-state index in [0.717, 1.165) is 28.4 Å². The van der Waals surface area contributed by atoms with Crippen LogP contribution in [0.3, 0.4) is 0 Å². The lowest BCUT2D eigenvalue weighted by Gasteiger charge is -2.10. The van der Waals surface area contributed by atoms with Crippen LogP contribution >= 0.6 is 0 Å². The lowest BCUT2D eigenvalue weighted by atomic mass is 10.0. The largest absolute Gasteiger partial charge is 0.461 e. The topological polar surface area (TPSA) is 63.8 Å². The van der Waals surface area contributed by atoms with Gasteiger partial charge in [-0.05, 0) is 48.9 Å². The van der Waals surface area contributed by atoms with Gasteiger partial charge in [-0.1, -0.05) is 29.4 Å². The molecule has 0 radical (unpaired) electrons. The highest BCUT2D eigenvalue weighted by molar-refractivity contribution is 5.94. The van der Waals surface area contributed by atoms with E-state index in [4.69, 9.17) is 9.25 Å². The van der Waals surface area contributed by atoms with Crippen molar-refractivity contribution >= 4 is 11.6 Å². The number of hydrogen-bond donors (Lipinski definition) is 1. The van der Waals surface area contributed by atoms with Crippen molar-refractivity contribution in [2.75, 3.05) is 6.54 Å². The van der Waals surface area contributed by atoms with E-state index in [-0.39, 0.29) is 17.8 Å². The van der Waals surface area contributed by atoms with Gasteiger partial charge in [0.15, 0.2) is 0 Å². The zero-order valence-electron chi connectivity index (χ0n) is 16.0. The maximum Gasteiger partial charge on any atom is 0.251 e. The average Bonchev–Trinajstić information content (AvgIpc) is 3.37. The fourth-order valence-corrected chi connectivity index (χ4v) is 3.22. The minimum absolute atomic E-state index is 0.164. The smallest absolute Gasteiger partial charge is 0.251 e. The van der Waals surface area contributed by atoms with Crippen LogP contribution in [0.15, 0.2) is 70.2 Å². The number of nitrogens with zero attached hydrogens (tertiary/aromatic N) is 1. The molecule has 1 aliphatic heterocycles. The third-order valence-electron chi connectivity index (χ3n) is 4.78. The number of amides is 1. The van der Waals surface area contributed by atoms with Crippen molar-refractivity contribution in [1.82, 2.24) is 5.32 Å². The minimum atomic E-state index is -0.258. The quantitative estimate of drug-likeness (QED) is 0.671. The van der Waals surface area contributed by atoms with Gasteiger partial charge in [0.05, 0.1) is 12.3 Å². The summed E-state index contributed by atoms with van der Waals surface area (Å²) in [6.45, 7) is 2.26. The Bertz CT molecular complexity index is 1020. The number of halogens is 1. The standard InChI is InChI=1S/C23H21FN2O3/c1-15-2-11-22(28-15)17-5-7-18(8-6-17)23(27)25-14-21-13-20(26-29-21)12-16-3-9-19(24)10-4-16/h2-11,21H,12-14H2,1H3,(H,25,27)/t21-/m1/s1. The summed E-state index contributed by atoms with van der Waals surface area (Å²) in [5.74, 6) is 1.20. The molecule has 0 saturated heterocycles. The molecule has 0 unspecified atom stereocenters. The van der Waals surface area contributed by atoms with Crippen LogP contribution in [-0.4, -0.2) is 24.3 Å². The molecule has 5 nitrogen and oxygen atoms in total. The number of nitrogens with one attached hydrogen (secondary N) is 1. The second kappa shape index (κ2) is 8.31. The molecule has 2 heterocycles. The third-order valence-corrected chi connectivity index (χ3v) is 4.78. The molecule has 0 saturated carbocycles. The molecule has 1 amide bonds. The van der Waals surface area contributed by atoms with Crippen molar-refractivity contribution in [3.63, 3.8) is 0 Å². The minimum Gasteiger partial charge on any atom is -0.461 e. The molecule has 0 spiro atoms. The molecule has 2 aromatic carbocycles. The molecule has 29 heavy (non-hydrogen) atoms. The van der Waals surface area contributed by atoms with Crippen molar-refractivity contribution < 1.29 is 18.4 Å². The summed E-state index contributed by atoms with van der Waals surface area (Å²) in [6, 6.07) is 17.4. The Kier molecular flexibility index (Phi) is 5.42. The van der Waals surface area contributed by atoms with E-state index in [2.05, 4.69) is 10.5 Å². The molecule has 4 rings (SSSR count). The Morgan fingerprint density at radius 3 is 2.55 bits per heavy atom. The van der Waals surface area contributed by atoms with E-state index in [0.29, 0.717) is 24.9 Å². The molecule has 0 bridgehead atoms. The number of furan rings is 1. The van der Waals surface area contributed by atoms with E-state index < -0.39 is 0 Å². The first-order valence-corrected chi connectivity index (χ1v) is 9.48. The van der Waals surface area contributed by atoms with Crippen LogP contribution in [0.2, 0.25) is 0 Å². The Morgan fingerprint density at radius 1 is 1.10 bits per heavy atom. The number of rotatable bonds is 6. The second-order valence-electron chi connectivity index (χ2n) is 7.09. The van der Waals surface area contributed by atoms with E-state index in [1.807, 2.05) is 31.2 Å². The Morgan fingerprint density at radius 2 is 1.86 bits per heavy atom. The van der Waals surface area contributed by atoms with Crippen molar-refractivity contribution in [3.8, 4) is 11.3 Å². The average molecular weight is 392 g/mol. The molecule has 3 aromatic rings. The van der Waals surface area contributed by atoms with Crippen LogP contribution in [-0.2, 0) is 11.3 Å². The Labute approximate surface area is 168 Å². The normalized spacial score (nSPS) is 15.7. The van der Waals surface area contributed by atoms with E-state index in [1.165, 1.54) is 12.1 Å². The number of oxime groups is 1. The SMILES string of the molecule is Cc1ccc(-c2ccc(C(=O)NC[C@H]3CC(Cc4ccc(F)cc4)=NO3)cc2)o1. The van der Waals surface area contributed by atoms with Crippen LogP contribution in [0, 0.1) is 12.7 Å². The highest BCUT2D eigenvalue weighted by Crippen LogP contribution is 2.22. The van der Waals surface area contributed by atoms with Crippen molar-refractivity contribution in [1.29, 1.82) is 0 Å². The molecular formula is C23H21FN2O3. The highest BCUT2D eigenvalue weighted by Gasteiger charge is 2.22. The van der Waals surface area contributed by atoms with Crippen molar-refractivity contribution in [3.05, 3.63) is 83.4 Å². The van der Waals surface area contributed by atoms with Gasteiger partial charge < -0.3 is 14.6 Å². The van der Waals surface area contributed by atoms with Gasteiger partial charge in [-0.3, -0.25) is 4.79 Å². The lowest BCUT2D eigenvalue weighted by Crippen LogP contribution is -2.32. The van der Waals surface area contributed by atoms with Crippen LogP contribution in [0.25, 0.3) is 11.3 Å².